The molecular weight excluding hydrogens is 383 g/mol. The highest BCUT2D eigenvalue weighted by Crippen LogP contribution is 2.38. The fourth-order valence-electron chi connectivity index (χ4n) is 2.61. The monoisotopic (exact) mass is 398 g/mol. The number of carbonyl (C=O) groups is 1. The van der Waals surface area contributed by atoms with Gasteiger partial charge >= 0.3 is 0 Å². The molecular formula is C17H16ClFN2O4S. The Morgan fingerprint density at radius 1 is 1.31 bits per heavy atom. The van der Waals surface area contributed by atoms with Crippen LogP contribution in [-0.2, 0) is 21.4 Å². The van der Waals surface area contributed by atoms with Gasteiger partial charge in [0.15, 0.2) is 0 Å². The fourth-order valence-corrected chi connectivity index (χ4v) is 4.16. The van der Waals surface area contributed by atoms with Gasteiger partial charge in [0.2, 0.25) is 15.9 Å². The molecule has 0 atom stereocenters. The molecule has 1 heterocycles. The Bertz CT molecular complexity index is 948. The van der Waals surface area contributed by atoms with Crippen LogP contribution in [0.3, 0.4) is 0 Å². The van der Waals surface area contributed by atoms with Gasteiger partial charge in [0.25, 0.3) is 0 Å². The quantitative estimate of drug-likeness (QED) is 0.859. The van der Waals surface area contributed by atoms with Gasteiger partial charge in [-0.1, -0.05) is 23.7 Å². The second kappa shape index (κ2) is 7.22. The average Bonchev–Trinajstić information content (AvgIpc) is 2.60. The van der Waals surface area contributed by atoms with Crippen molar-refractivity contribution in [3.63, 3.8) is 0 Å². The van der Waals surface area contributed by atoms with Crippen molar-refractivity contribution in [2.45, 2.75) is 18.4 Å². The topological polar surface area (TPSA) is 75.7 Å². The second-order valence-corrected chi connectivity index (χ2v) is 7.86. The van der Waals surface area contributed by atoms with Crippen LogP contribution in [0.4, 0.5) is 10.1 Å². The number of anilines is 1. The number of sulfonamides is 1. The summed E-state index contributed by atoms with van der Waals surface area (Å²) in [6.07, 6.45) is 0. The van der Waals surface area contributed by atoms with Gasteiger partial charge in [-0.3, -0.25) is 4.79 Å². The predicted molar refractivity (Wildman–Crippen MR) is 95.4 cm³/mol. The maximum Gasteiger partial charge on any atom is 0.242 e. The van der Waals surface area contributed by atoms with Crippen molar-refractivity contribution in [1.29, 1.82) is 0 Å². The highest BCUT2D eigenvalue weighted by atomic mass is 35.5. The molecule has 9 heteroatoms. The number of nitrogens with one attached hydrogen (secondary N) is 1. The molecule has 0 saturated carbocycles. The first-order valence-corrected chi connectivity index (χ1v) is 9.62. The Kier molecular flexibility index (Phi) is 5.17. The summed E-state index contributed by atoms with van der Waals surface area (Å²) in [6.45, 7) is 2.03. The van der Waals surface area contributed by atoms with Gasteiger partial charge in [-0.15, -0.1) is 0 Å². The molecule has 6 nitrogen and oxygen atoms in total. The maximum absolute atomic E-state index is 12.9. The summed E-state index contributed by atoms with van der Waals surface area (Å²) < 4.78 is 46.0. The minimum Gasteiger partial charge on any atom is -0.489 e. The van der Waals surface area contributed by atoms with Crippen LogP contribution in [0.15, 0.2) is 41.3 Å². The van der Waals surface area contributed by atoms with Crippen molar-refractivity contribution >= 4 is 33.2 Å². The lowest BCUT2D eigenvalue weighted by Gasteiger charge is -2.29. The van der Waals surface area contributed by atoms with E-state index in [1.807, 2.05) is 0 Å². The SMILES string of the molecule is CC(=O)N1CCOc2cc(S(=O)(=O)NCc3ccc(F)cc3)c(Cl)cc21. The Hall–Kier alpha value is -2.16. The molecule has 0 fully saturated rings. The van der Waals surface area contributed by atoms with Crippen LogP contribution in [0, 0.1) is 5.82 Å². The van der Waals surface area contributed by atoms with Gasteiger partial charge in [-0.25, -0.2) is 17.5 Å². The van der Waals surface area contributed by atoms with Crippen LogP contribution < -0.4 is 14.4 Å². The van der Waals surface area contributed by atoms with Crippen molar-refractivity contribution in [2.75, 3.05) is 18.1 Å². The fraction of sp³-hybridized carbons (Fsp3) is 0.235. The summed E-state index contributed by atoms with van der Waals surface area (Å²) in [5.41, 5.74) is 1.04. The number of nitrogens with zero attached hydrogens (tertiary/aromatic N) is 1. The van der Waals surface area contributed by atoms with E-state index in [4.69, 9.17) is 16.3 Å². The zero-order chi connectivity index (χ0) is 18.9. The highest BCUT2D eigenvalue weighted by molar-refractivity contribution is 7.89. The molecule has 2 aromatic carbocycles. The van der Waals surface area contributed by atoms with Crippen molar-refractivity contribution in [3.8, 4) is 5.75 Å². The number of amides is 1. The van der Waals surface area contributed by atoms with E-state index in [2.05, 4.69) is 4.72 Å². The van der Waals surface area contributed by atoms with Gasteiger partial charge in [0, 0.05) is 19.5 Å². The van der Waals surface area contributed by atoms with E-state index >= 15 is 0 Å². The van der Waals surface area contributed by atoms with Crippen molar-refractivity contribution in [1.82, 2.24) is 4.72 Å². The molecule has 3 rings (SSSR count). The van der Waals surface area contributed by atoms with Gasteiger partial charge in [0.05, 0.1) is 17.3 Å². The number of rotatable bonds is 4. The molecule has 1 aliphatic heterocycles. The maximum atomic E-state index is 12.9. The summed E-state index contributed by atoms with van der Waals surface area (Å²) in [4.78, 5) is 13.0. The van der Waals surface area contributed by atoms with Crippen molar-refractivity contribution in [3.05, 3.63) is 52.8 Å². The Morgan fingerprint density at radius 2 is 2.00 bits per heavy atom. The summed E-state index contributed by atoms with van der Waals surface area (Å²) in [7, 11) is -3.93. The zero-order valence-corrected chi connectivity index (χ0v) is 15.4. The van der Waals surface area contributed by atoms with Crippen LogP contribution in [0.5, 0.6) is 5.75 Å². The van der Waals surface area contributed by atoms with E-state index in [1.54, 1.807) is 0 Å². The normalized spacial score (nSPS) is 13.9. The molecule has 26 heavy (non-hydrogen) atoms. The third kappa shape index (κ3) is 3.82. The minimum absolute atomic E-state index is 0.0174. The summed E-state index contributed by atoms with van der Waals surface area (Å²) >= 11 is 6.16. The van der Waals surface area contributed by atoms with E-state index in [1.165, 1.54) is 48.2 Å². The summed E-state index contributed by atoms with van der Waals surface area (Å²) in [6, 6.07) is 8.18. The third-order valence-corrected chi connectivity index (χ3v) is 5.79. The first kappa shape index (κ1) is 18.6. The second-order valence-electron chi connectivity index (χ2n) is 5.72. The van der Waals surface area contributed by atoms with Crippen LogP contribution in [0.25, 0.3) is 0 Å². The first-order valence-electron chi connectivity index (χ1n) is 7.76. The van der Waals surface area contributed by atoms with Crippen molar-refractivity contribution < 1.29 is 22.3 Å². The number of carbonyl (C=O) groups excluding carboxylic acids is 1. The standard InChI is InChI=1S/C17H16ClFN2O4S/c1-11(22)21-6-7-25-16-9-17(14(18)8-15(16)21)26(23,24)20-10-12-2-4-13(19)5-3-12/h2-5,8-9,20H,6-7,10H2,1H3. The van der Waals surface area contributed by atoms with Gasteiger partial charge in [0.1, 0.15) is 23.1 Å². The molecule has 0 saturated heterocycles. The Morgan fingerprint density at radius 3 is 2.65 bits per heavy atom. The zero-order valence-electron chi connectivity index (χ0n) is 13.8. The lowest BCUT2D eigenvalue weighted by molar-refractivity contribution is -0.116. The summed E-state index contributed by atoms with van der Waals surface area (Å²) in [5, 5.41) is -0.0212. The Balaban J connectivity index is 1.88. The average molecular weight is 399 g/mol. The molecule has 1 N–H and O–H groups in total. The number of ether oxygens (including phenoxy) is 1. The third-order valence-electron chi connectivity index (χ3n) is 3.93. The predicted octanol–water partition coefficient (Wildman–Crippen LogP) is 2.70. The smallest absolute Gasteiger partial charge is 0.242 e. The molecule has 138 valence electrons. The van der Waals surface area contributed by atoms with Gasteiger partial charge in [-0.2, -0.15) is 0 Å². The number of hydrogen-bond donors (Lipinski definition) is 1. The number of halogens is 2. The molecule has 1 amide bonds. The van der Waals surface area contributed by atoms with E-state index in [0.29, 0.717) is 17.8 Å². The number of fused-ring (bicyclic) bond motifs is 1. The van der Waals surface area contributed by atoms with Crippen LogP contribution >= 0.6 is 11.6 Å². The van der Waals surface area contributed by atoms with E-state index < -0.39 is 15.8 Å². The summed E-state index contributed by atoms with van der Waals surface area (Å²) in [5.74, 6) is -0.310. The highest BCUT2D eigenvalue weighted by Gasteiger charge is 2.27. The molecule has 0 unspecified atom stereocenters. The van der Waals surface area contributed by atoms with Gasteiger partial charge in [-0.05, 0) is 23.8 Å². The molecule has 2 aromatic rings. The lowest BCUT2D eigenvalue weighted by Crippen LogP contribution is -2.36. The molecule has 0 spiro atoms. The van der Waals surface area contributed by atoms with Crippen LogP contribution in [-0.4, -0.2) is 27.5 Å². The van der Waals surface area contributed by atoms with E-state index in [0.717, 1.165) is 0 Å². The lowest BCUT2D eigenvalue weighted by atomic mass is 10.2. The minimum atomic E-state index is -3.93. The number of benzene rings is 2. The Labute approximate surface area is 155 Å². The number of hydrogen-bond acceptors (Lipinski definition) is 4. The molecule has 0 bridgehead atoms. The van der Waals surface area contributed by atoms with Crippen LogP contribution in [0.2, 0.25) is 5.02 Å². The largest absolute Gasteiger partial charge is 0.489 e. The van der Waals surface area contributed by atoms with Gasteiger partial charge < -0.3 is 9.64 Å². The molecule has 0 aromatic heterocycles. The van der Waals surface area contributed by atoms with Crippen LogP contribution in [0.1, 0.15) is 12.5 Å². The first-order chi connectivity index (χ1) is 12.3. The molecule has 1 aliphatic rings. The van der Waals surface area contributed by atoms with E-state index in [-0.39, 0.29) is 34.7 Å². The molecule has 0 aliphatic carbocycles. The molecule has 0 radical (unpaired) electrons. The van der Waals surface area contributed by atoms with Crippen molar-refractivity contribution in [2.24, 2.45) is 0 Å². The van der Waals surface area contributed by atoms with E-state index in [9.17, 15) is 17.6 Å².